The summed E-state index contributed by atoms with van der Waals surface area (Å²) in [4.78, 5) is 19.8. The second-order valence-electron chi connectivity index (χ2n) is 4.21. The van der Waals surface area contributed by atoms with Crippen LogP contribution in [0.4, 0.5) is 0 Å². The highest BCUT2D eigenvalue weighted by Crippen LogP contribution is 2.25. The monoisotopic (exact) mass is 460 g/mol. The largest absolute Gasteiger partial charge is 0.345 e. The number of H-pyrrole nitrogens is 1. The van der Waals surface area contributed by atoms with Crippen molar-refractivity contribution in [2.24, 2.45) is 0 Å². The van der Waals surface area contributed by atoms with Gasteiger partial charge in [0.1, 0.15) is 5.65 Å². The fraction of sp³-hybridized carbons (Fsp3) is 0. The standard InChI is InChI=1S/C14H7BrClIN2O/c15-8-4-9-10(6-19-14(9)18-5-8)13(20)7-1-2-12(17)11(16)3-7/h1-6H,(H,18,19). The molecule has 1 aromatic carbocycles. The molecule has 2 aromatic heterocycles. The maximum atomic E-state index is 12.6. The van der Waals surface area contributed by atoms with Gasteiger partial charge in [0.05, 0.1) is 5.02 Å². The molecule has 0 fully saturated rings. The Kier molecular flexibility index (Phi) is 3.83. The maximum Gasteiger partial charge on any atom is 0.195 e. The van der Waals surface area contributed by atoms with E-state index in [-0.39, 0.29) is 5.78 Å². The Hall–Kier alpha value is -0.920. The van der Waals surface area contributed by atoms with Crippen LogP contribution in [0.2, 0.25) is 5.02 Å². The number of carbonyl (C=O) groups excluding carboxylic acids is 1. The van der Waals surface area contributed by atoms with Gasteiger partial charge in [0.25, 0.3) is 0 Å². The fourth-order valence-corrected chi connectivity index (χ4v) is 2.81. The molecule has 1 N–H and O–H groups in total. The number of halogens is 3. The number of rotatable bonds is 2. The van der Waals surface area contributed by atoms with Gasteiger partial charge in [-0.25, -0.2) is 4.98 Å². The quantitative estimate of drug-likeness (QED) is 0.440. The van der Waals surface area contributed by atoms with E-state index in [2.05, 4.69) is 48.5 Å². The highest BCUT2D eigenvalue weighted by atomic mass is 127. The van der Waals surface area contributed by atoms with Gasteiger partial charge in [0.15, 0.2) is 5.78 Å². The lowest BCUT2D eigenvalue weighted by atomic mass is 10.0. The summed E-state index contributed by atoms with van der Waals surface area (Å²) in [6.45, 7) is 0. The molecule has 3 aromatic rings. The summed E-state index contributed by atoms with van der Waals surface area (Å²) in [5, 5.41) is 1.37. The van der Waals surface area contributed by atoms with Crippen LogP contribution in [-0.4, -0.2) is 15.8 Å². The molecule has 0 aliphatic carbocycles. The van der Waals surface area contributed by atoms with Crippen LogP contribution in [0.5, 0.6) is 0 Å². The number of nitrogens with zero attached hydrogens (tertiary/aromatic N) is 1. The van der Waals surface area contributed by atoms with Crippen molar-refractivity contribution in [3.05, 3.63) is 60.9 Å². The van der Waals surface area contributed by atoms with Gasteiger partial charge in [0.2, 0.25) is 0 Å². The van der Waals surface area contributed by atoms with Crippen molar-refractivity contribution < 1.29 is 4.79 Å². The molecule has 0 saturated carbocycles. The normalized spacial score (nSPS) is 10.9. The summed E-state index contributed by atoms with van der Waals surface area (Å²) in [6.07, 6.45) is 3.37. The van der Waals surface area contributed by atoms with Gasteiger partial charge in [-0.3, -0.25) is 4.79 Å². The van der Waals surface area contributed by atoms with Crippen molar-refractivity contribution in [1.29, 1.82) is 0 Å². The van der Waals surface area contributed by atoms with E-state index in [9.17, 15) is 4.79 Å². The zero-order valence-corrected chi connectivity index (χ0v) is 14.5. The molecular formula is C14H7BrClIN2O. The topological polar surface area (TPSA) is 45.8 Å². The lowest BCUT2D eigenvalue weighted by Crippen LogP contribution is -2.00. The molecule has 0 amide bonds. The average molecular weight is 461 g/mol. The van der Waals surface area contributed by atoms with Crippen molar-refractivity contribution in [1.82, 2.24) is 9.97 Å². The summed E-state index contributed by atoms with van der Waals surface area (Å²) in [6, 6.07) is 7.18. The van der Waals surface area contributed by atoms with Crippen molar-refractivity contribution in [2.75, 3.05) is 0 Å². The van der Waals surface area contributed by atoms with Gasteiger partial charge in [-0.05, 0) is 62.8 Å². The molecular weight excluding hydrogens is 454 g/mol. The average Bonchev–Trinajstić information content (AvgIpc) is 2.84. The number of carbonyl (C=O) groups is 1. The first-order valence-corrected chi connectivity index (χ1v) is 7.93. The van der Waals surface area contributed by atoms with Crippen LogP contribution in [0.15, 0.2) is 41.1 Å². The molecule has 0 bridgehead atoms. The first kappa shape index (κ1) is 14.0. The van der Waals surface area contributed by atoms with Gasteiger partial charge < -0.3 is 4.98 Å². The summed E-state index contributed by atoms with van der Waals surface area (Å²) >= 11 is 11.6. The third-order valence-electron chi connectivity index (χ3n) is 2.92. The van der Waals surface area contributed by atoms with Crippen LogP contribution < -0.4 is 0 Å². The molecule has 0 saturated heterocycles. The predicted octanol–water partition coefficient (Wildman–Crippen LogP) is 4.81. The lowest BCUT2D eigenvalue weighted by Gasteiger charge is -2.02. The molecule has 3 rings (SSSR count). The van der Waals surface area contributed by atoms with Crippen molar-refractivity contribution in [3.8, 4) is 0 Å². The Balaban J connectivity index is 2.12. The van der Waals surface area contributed by atoms with Crippen LogP contribution in [0, 0.1) is 3.57 Å². The van der Waals surface area contributed by atoms with Gasteiger partial charge in [-0.2, -0.15) is 0 Å². The number of benzene rings is 1. The molecule has 20 heavy (non-hydrogen) atoms. The highest BCUT2D eigenvalue weighted by molar-refractivity contribution is 14.1. The minimum Gasteiger partial charge on any atom is -0.345 e. The number of hydrogen-bond acceptors (Lipinski definition) is 2. The van der Waals surface area contributed by atoms with Crippen LogP contribution in [-0.2, 0) is 0 Å². The van der Waals surface area contributed by atoms with Crippen molar-refractivity contribution >= 4 is 66.9 Å². The van der Waals surface area contributed by atoms with Crippen molar-refractivity contribution in [3.63, 3.8) is 0 Å². The molecule has 6 heteroatoms. The molecule has 3 nitrogen and oxygen atoms in total. The van der Waals surface area contributed by atoms with Crippen LogP contribution in [0.25, 0.3) is 11.0 Å². The van der Waals surface area contributed by atoms with Crippen LogP contribution in [0.3, 0.4) is 0 Å². The van der Waals surface area contributed by atoms with Gasteiger partial charge in [-0.1, -0.05) is 11.6 Å². The number of hydrogen-bond donors (Lipinski definition) is 1. The summed E-state index contributed by atoms with van der Waals surface area (Å²) in [5.74, 6) is -0.0746. The van der Waals surface area contributed by atoms with E-state index in [1.54, 1.807) is 24.5 Å². The maximum absolute atomic E-state index is 12.6. The molecule has 0 aliphatic rings. The SMILES string of the molecule is O=C(c1ccc(I)c(Cl)c1)c1c[nH]c2ncc(Br)cc12. The lowest BCUT2D eigenvalue weighted by molar-refractivity contribution is 0.104. The Labute approximate surface area is 142 Å². The second kappa shape index (κ2) is 5.46. The molecule has 0 atom stereocenters. The van der Waals surface area contributed by atoms with Gasteiger partial charge >= 0.3 is 0 Å². The second-order valence-corrected chi connectivity index (χ2v) is 6.70. The molecule has 0 spiro atoms. The van der Waals surface area contributed by atoms with E-state index >= 15 is 0 Å². The number of aromatic amines is 1. The Bertz CT molecular complexity index is 831. The first-order chi connectivity index (χ1) is 9.56. The van der Waals surface area contributed by atoms with E-state index < -0.39 is 0 Å². The molecule has 100 valence electrons. The Morgan fingerprint density at radius 2 is 2.15 bits per heavy atom. The number of pyridine rings is 1. The zero-order chi connectivity index (χ0) is 14.3. The third kappa shape index (κ3) is 2.49. The van der Waals surface area contributed by atoms with E-state index in [0.717, 1.165) is 13.4 Å². The summed E-state index contributed by atoms with van der Waals surface area (Å²) in [5.41, 5.74) is 1.84. The van der Waals surface area contributed by atoms with E-state index in [0.29, 0.717) is 21.8 Å². The number of nitrogens with one attached hydrogen (secondary N) is 1. The van der Waals surface area contributed by atoms with Crippen LogP contribution >= 0.6 is 50.1 Å². The predicted molar refractivity (Wildman–Crippen MR) is 91.4 cm³/mol. The smallest absolute Gasteiger partial charge is 0.195 e. The van der Waals surface area contributed by atoms with E-state index in [4.69, 9.17) is 11.6 Å². The molecule has 0 aliphatic heterocycles. The summed E-state index contributed by atoms with van der Waals surface area (Å²) in [7, 11) is 0. The molecule has 0 unspecified atom stereocenters. The number of aromatic nitrogens is 2. The van der Waals surface area contributed by atoms with E-state index in [1.807, 2.05) is 12.1 Å². The molecule has 2 heterocycles. The first-order valence-electron chi connectivity index (χ1n) is 5.68. The van der Waals surface area contributed by atoms with E-state index in [1.165, 1.54) is 0 Å². The van der Waals surface area contributed by atoms with Crippen LogP contribution in [0.1, 0.15) is 15.9 Å². The van der Waals surface area contributed by atoms with Gasteiger partial charge in [-0.15, -0.1) is 0 Å². The van der Waals surface area contributed by atoms with Gasteiger partial charge in [0, 0.05) is 36.9 Å². The zero-order valence-electron chi connectivity index (χ0n) is 9.95. The third-order valence-corrected chi connectivity index (χ3v) is 4.93. The highest BCUT2D eigenvalue weighted by Gasteiger charge is 2.16. The fourth-order valence-electron chi connectivity index (χ4n) is 1.96. The molecule has 0 radical (unpaired) electrons. The Morgan fingerprint density at radius 1 is 1.35 bits per heavy atom. The number of ketones is 1. The minimum absolute atomic E-state index is 0.0746. The minimum atomic E-state index is -0.0746. The summed E-state index contributed by atoms with van der Waals surface area (Å²) < 4.78 is 1.75. The number of fused-ring (bicyclic) bond motifs is 1. The Morgan fingerprint density at radius 3 is 2.90 bits per heavy atom. The van der Waals surface area contributed by atoms with Crippen molar-refractivity contribution in [2.45, 2.75) is 0 Å².